The molecule has 3 nitrogen and oxygen atoms in total. The van der Waals surface area contributed by atoms with Crippen molar-refractivity contribution in [3.05, 3.63) is 35.9 Å². The Balaban J connectivity index is 0.000000673. The Morgan fingerprint density at radius 1 is 1.38 bits per heavy atom. The van der Waals surface area contributed by atoms with Crippen LogP contribution < -0.4 is 0 Å². The molecule has 0 amide bonds. The lowest BCUT2D eigenvalue weighted by Crippen LogP contribution is -2.06. The highest BCUT2D eigenvalue weighted by atomic mass is 32.1. The summed E-state index contributed by atoms with van der Waals surface area (Å²) < 4.78 is 10.2. The molecule has 1 aromatic rings. The van der Waals surface area contributed by atoms with E-state index in [-0.39, 0.29) is 5.24 Å². The van der Waals surface area contributed by atoms with Crippen molar-refractivity contribution in [2.24, 2.45) is 0 Å². The predicted molar refractivity (Wildman–Crippen MR) is 71.2 cm³/mol. The van der Waals surface area contributed by atoms with Gasteiger partial charge in [0, 0.05) is 12.2 Å². The van der Waals surface area contributed by atoms with Crippen LogP contribution in [0.5, 0.6) is 0 Å². The van der Waals surface area contributed by atoms with E-state index in [0.717, 1.165) is 5.56 Å². The third-order valence-electron chi connectivity index (χ3n) is 1.46. The summed E-state index contributed by atoms with van der Waals surface area (Å²) in [6, 6.07) is 9.85. The van der Waals surface area contributed by atoms with Crippen LogP contribution >= 0.6 is 24.8 Å². The summed E-state index contributed by atoms with van der Waals surface area (Å²) in [6.45, 7) is 2.89. The molecule has 0 unspecified atom stereocenters. The van der Waals surface area contributed by atoms with Gasteiger partial charge < -0.3 is 9.47 Å². The van der Waals surface area contributed by atoms with Gasteiger partial charge in [0.05, 0.1) is 6.61 Å². The Kier molecular flexibility index (Phi) is 9.75. The highest BCUT2D eigenvalue weighted by Gasteiger charge is 1.96. The second-order valence-corrected chi connectivity index (χ2v) is 3.11. The number of thiol groups is 1. The largest absolute Gasteiger partial charge is 0.457 e. The van der Waals surface area contributed by atoms with Crippen LogP contribution in [-0.4, -0.2) is 17.5 Å². The Morgan fingerprint density at radius 2 is 1.94 bits per heavy atom. The van der Waals surface area contributed by atoms with Crippen molar-refractivity contribution in [1.82, 2.24) is 0 Å². The summed E-state index contributed by atoms with van der Waals surface area (Å²) >= 11 is 7.92. The van der Waals surface area contributed by atoms with E-state index < -0.39 is 0 Å². The molecule has 0 aromatic heterocycles. The molecule has 0 aliphatic heterocycles. The molecule has 88 valence electrons. The topological polar surface area (TPSA) is 35.5 Å². The number of carbonyl (C=O) groups excluding carboxylic acids is 1. The van der Waals surface area contributed by atoms with Crippen molar-refractivity contribution in [3.63, 3.8) is 0 Å². The summed E-state index contributed by atoms with van der Waals surface area (Å²) in [5.74, 6) is 0. The number of ether oxygens (including phenoxy) is 2. The van der Waals surface area contributed by atoms with Gasteiger partial charge >= 0.3 is 5.24 Å². The quantitative estimate of drug-likeness (QED) is 0.513. The van der Waals surface area contributed by atoms with Gasteiger partial charge in [0.1, 0.15) is 6.61 Å². The van der Waals surface area contributed by atoms with E-state index in [1.807, 2.05) is 37.3 Å². The molecule has 0 aliphatic carbocycles. The molecule has 5 heteroatoms. The third-order valence-corrected chi connectivity index (χ3v) is 1.70. The second kappa shape index (κ2) is 10.4. The van der Waals surface area contributed by atoms with Crippen molar-refractivity contribution in [3.8, 4) is 0 Å². The van der Waals surface area contributed by atoms with Crippen molar-refractivity contribution in [2.75, 3.05) is 6.61 Å². The molecule has 0 bridgehead atoms. The van der Waals surface area contributed by atoms with Gasteiger partial charge in [0.2, 0.25) is 0 Å². The summed E-state index contributed by atoms with van der Waals surface area (Å²) in [5, 5.41) is 0.214. The van der Waals surface area contributed by atoms with Gasteiger partial charge in [-0.15, -0.1) is 12.6 Å². The zero-order chi connectivity index (χ0) is 12.2. The molecule has 0 fully saturated rings. The molecule has 0 saturated carbocycles. The summed E-state index contributed by atoms with van der Waals surface area (Å²) in [6.07, 6.45) is 0. The van der Waals surface area contributed by atoms with Crippen molar-refractivity contribution >= 4 is 35.7 Å². The molecule has 16 heavy (non-hydrogen) atoms. The fourth-order valence-corrected chi connectivity index (χ4v) is 1.05. The SMILES string of the molecule is CCOC(=S)OCc1ccccc1.O=CS. The lowest BCUT2D eigenvalue weighted by Gasteiger charge is -2.06. The van der Waals surface area contributed by atoms with Gasteiger partial charge in [-0.3, -0.25) is 4.79 Å². The Labute approximate surface area is 106 Å². The molecule has 0 atom stereocenters. The van der Waals surface area contributed by atoms with E-state index in [2.05, 4.69) is 12.6 Å². The predicted octanol–water partition coefficient (Wildman–Crippen LogP) is 2.63. The van der Waals surface area contributed by atoms with Crippen LogP contribution in [0.15, 0.2) is 30.3 Å². The highest BCUT2D eigenvalue weighted by molar-refractivity contribution is 7.94. The second-order valence-electron chi connectivity index (χ2n) is 2.56. The zero-order valence-electron chi connectivity index (χ0n) is 8.96. The average Bonchev–Trinajstić information content (AvgIpc) is 2.29. The van der Waals surface area contributed by atoms with Gasteiger partial charge in [-0.25, -0.2) is 0 Å². The monoisotopic (exact) mass is 258 g/mol. The number of carbonyl (C=O) groups is 1. The maximum absolute atomic E-state index is 8.67. The zero-order valence-corrected chi connectivity index (χ0v) is 10.7. The van der Waals surface area contributed by atoms with Crippen LogP contribution in [0.1, 0.15) is 12.5 Å². The molecule has 0 spiro atoms. The molecule has 0 heterocycles. The number of benzene rings is 1. The van der Waals surface area contributed by atoms with Gasteiger partial charge in [-0.1, -0.05) is 30.3 Å². The number of hydrogen-bond donors (Lipinski definition) is 1. The fraction of sp³-hybridized carbons (Fsp3) is 0.273. The minimum absolute atomic E-state index is 0.214. The minimum Gasteiger partial charge on any atom is -0.457 e. The van der Waals surface area contributed by atoms with Crippen LogP contribution in [0.2, 0.25) is 0 Å². The van der Waals surface area contributed by atoms with E-state index in [9.17, 15) is 0 Å². The number of hydrogen-bond acceptors (Lipinski definition) is 4. The normalized spacial score (nSPS) is 8.38. The first kappa shape index (κ1) is 14.9. The van der Waals surface area contributed by atoms with E-state index >= 15 is 0 Å². The molecule has 1 rings (SSSR count). The van der Waals surface area contributed by atoms with Crippen LogP contribution in [0.3, 0.4) is 0 Å². The van der Waals surface area contributed by atoms with Gasteiger partial charge in [-0.05, 0) is 12.5 Å². The molecule has 0 N–H and O–H groups in total. The molecule has 0 aliphatic rings. The maximum atomic E-state index is 8.67. The molecular weight excluding hydrogens is 244 g/mol. The van der Waals surface area contributed by atoms with E-state index in [0.29, 0.717) is 18.8 Å². The third kappa shape index (κ3) is 8.26. The maximum Gasteiger partial charge on any atom is 0.352 e. The standard InChI is InChI=1S/C10H12O2S.CH2OS/c1-2-11-10(13)12-8-9-6-4-3-5-7-9;2-1-3/h3-7H,2,8H2,1H3;1H,(H,2,3). The Hall–Kier alpha value is -1.07. The van der Waals surface area contributed by atoms with Crippen LogP contribution in [0, 0.1) is 0 Å². The first-order valence-corrected chi connectivity index (χ1v) is 5.58. The fourth-order valence-electron chi connectivity index (χ4n) is 0.876. The van der Waals surface area contributed by atoms with Crippen molar-refractivity contribution < 1.29 is 14.3 Å². The van der Waals surface area contributed by atoms with Crippen LogP contribution in [0.4, 0.5) is 0 Å². The summed E-state index contributed by atoms with van der Waals surface area (Å²) in [4.78, 5) is 8.67. The van der Waals surface area contributed by atoms with E-state index in [1.165, 1.54) is 0 Å². The smallest absolute Gasteiger partial charge is 0.352 e. The lowest BCUT2D eigenvalue weighted by molar-refractivity contribution is 0.177. The first-order valence-electron chi connectivity index (χ1n) is 4.65. The van der Waals surface area contributed by atoms with Gasteiger partial charge in [0.15, 0.2) is 5.62 Å². The molecule has 1 aromatic carbocycles. The highest BCUT2D eigenvalue weighted by Crippen LogP contribution is 2.01. The summed E-state index contributed by atoms with van der Waals surface area (Å²) in [5.41, 5.74) is 1.53. The summed E-state index contributed by atoms with van der Waals surface area (Å²) in [7, 11) is 0. The van der Waals surface area contributed by atoms with Crippen LogP contribution in [0.25, 0.3) is 0 Å². The van der Waals surface area contributed by atoms with Gasteiger partial charge in [0.25, 0.3) is 0 Å². The number of thiocarbonyl (C=S) groups is 1. The first-order chi connectivity index (χ1) is 7.74. The van der Waals surface area contributed by atoms with E-state index in [1.54, 1.807) is 0 Å². The Bertz CT molecular complexity index is 301. The van der Waals surface area contributed by atoms with Gasteiger partial charge in [-0.2, -0.15) is 0 Å². The minimum atomic E-state index is 0.214. The van der Waals surface area contributed by atoms with Crippen molar-refractivity contribution in [1.29, 1.82) is 0 Å². The number of rotatable bonds is 3. The van der Waals surface area contributed by atoms with E-state index in [4.69, 9.17) is 26.5 Å². The Morgan fingerprint density at radius 3 is 2.44 bits per heavy atom. The lowest BCUT2D eigenvalue weighted by atomic mass is 10.2. The van der Waals surface area contributed by atoms with Crippen molar-refractivity contribution in [2.45, 2.75) is 13.5 Å². The molecule has 0 saturated heterocycles. The average molecular weight is 258 g/mol. The molecule has 0 radical (unpaired) electrons. The molecular formula is C11H14O3S2. The van der Waals surface area contributed by atoms with Crippen LogP contribution in [-0.2, 0) is 20.9 Å².